The van der Waals surface area contributed by atoms with E-state index in [2.05, 4.69) is 0 Å². The second kappa shape index (κ2) is 6.56. The summed E-state index contributed by atoms with van der Waals surface area (Å²) >= 11 is 0. The van der Waals surface area contributed by atoms with Crippen LogP contribution in [0, 0.1) is 17.2 Å². The minimum Gasteiger partial charge on any atom is -0.378 e. The Balaban J connectivity index is 2.08. The Bertz CT molecular complexity index is 204. The van der Waals surface area contributed by atoms with E-state index in [0.717, 1.165) is 12.8 Å². The van der Waals surface area contributed by atoms with Gasteiger partial charge < -0.3 is 9.53 Å². The van der Waals surface area contributed by atoms with Crippen LogP contribution in [0.25, 0.3) is 0 Å². The third-order valence-electron chi connectivity index (χ3n) is 2.66. The van der Waals surface area contributed by atoms with Gasteiger partial charge in [0.15, 0.2) is 0 Å². The number of nitriles is 1. The van der Waals surface area contributed by atoms with Crippen LogP contribution in [0.3, 0.4) is 0 Å². The van der Waals surface area contributed by atoms with Gasteiger partial charge in [0, 0.05) is 6.61 Å². The second-order valence-electron chi connectivity index (χ2n) is 3.79. The van der Waals surface area contributed by atoms with Gasteiger partial charge in [0.05, 0.1) is 12.2 Å². The van der Waals surface area contributed by atoms with E-state index in [1.807, 2.05) is 6.07 Å². The van der Waals surface area contributed by atoms with E-state index in [-0.39, 0.29) is 0 Å². The van der Waals surface area contributed by atoms with E-state index < -0.39 is 5.92 Å². The summed E-state index contributed by atoms with van der Waals surface area (Å²) in [6.45, 7) is 0.543. The SMILES string of the molecule is N#CC(C=O)CCOC1CCCCC1. The molecule has 0 N–H and O–H groups in total. The maximum Gasteiger partial charge on any atom is 0.137 e. The van der Waals surface area contributed by atoms with Crippen molar-refractivity contribution >= 4 is 6.29 Å². The fraction of sp³-hybridized carbons (Fsp3) is 0.818. The summed E-state index contributed by atoms with van der Waals surface area (Å²) in [5.74, 6) is -0.487. The normalized spacial score (nSPS) is 19.9. The van der Waals surface area contributed by atoms with Crippen LogP contribution in [0.1, 0.15) is 38.5 Å². The average molecular weight is 195 g/mol. The largest absolute Gasteiger partial charge is 0.378 e. The zero-order chi connectivity index (χ0) is 10.2. The van der Waals surface area contributed by atoms with Crippen LogP contribution in [0.15, 0.2) is 0 Å². The Morgan fingerprint density at radius 1 is 1.43 bits per heavy atom. The van der Waals surface area contributed by atoms with Crippen molar-refractivity contribution in [3.05, 3.63) is 0 Å². The zero-order valence-electron chi connectivity index (χ0n) is 8.45. The standard InChI is InChI=1S/C11H17NO2/c12-8-10(9-13)6-7-14-11-4-2-1-3-5-11/h9-11H,1-7H2. The van der Waals surface area contributed by atoms with Gasteiger partial charge in [-0.2, -0.15) is 5.26 Å². The summed E-state index contributed by atoms with van der Waals surface area (Å²) < 4.78 is 5.61. The Labute approximate surface area is 85.1 Å². The lowest BCUT2D eigenvalue weighted by Crippen LogP contribution is -2.18. The van der Waals surface area contributed by atoms with Crippen LogP contribution in [0.2, 0.25) is 0 Å². The van der Waals surface area contributed by atoms with Crippen LogP contribution >= 0.6 is 0 Å². The molecule has 3 nitrogen and oxygen atoms in total. The molecule has 0 aromatic heterocycles. The number of nitrogens with zero attached hydrogens (tertiary/aromatic N) is 1. The molecule has 0 bridgehead atoms. The van der Waals surface area contributed by atoms with Crippen LogP contribution in [-0.4, -0.2) is 19.0 Å². The summed E-state index contributed by atoms with van der Waals surface area (Å²) in [6.07, 6.45) is 7.70. The first-order valence-corrected chi connectivity index (χ1v) is 5.33. The molecule has 1 rings (SSSR count). The van der Waals surface area contributed by atoms with E-state index >= 15 is 0 Å². The number of rotatable bonds is 5. The van der Waals surface area contributed by atoms with E-state index in [1.54, 1.807) is 0 Å². The Hall–Kier alpha value is -0.880. The third-order valence-corrected chi connectivity index (χ3v) is 2.66. The van der Waals surface area contributed by atoms with Crippen molar-refractivity contribution in [2.45, 2.75) is 44.6 Å². The highest BCUT2D eigenvalue weighted by atomic mass is 16.5. The maximum atomic E-state index is 10.3. The van der Waals surface area contributed by atoms with Gasteiger partial charge in [0.25, 0.3) is 0 Å². The van der Waals surface area contributed by atoms with Crippen molar-refractivity contribution < 1.29 is 9.53 Å². The first kappa shape index (κ1) is 11.2. The van der Waals surface area contributed by atoms with Gasteiger partial charge >= 0.3 is 0 Å². The predicted octanol–water partition coefficient (Wildman–Crippen LogP) is 2.06. The fourth-order valence-electron chi connectivity index (χ4n) is 1.76. The van der Waals surface area contributed by atoms with E-state index in [0.29, 0.717) is 25.4 Å². The summed E-state index contributed by atoms with van der Waals surface area (Å²) in [4.78, 5) is 10.3. The van der Waals surface area contributed by atoms with Gasteiger partial charge in [-0.15, -0.1) is 0 Å². The van der Waals surface area contributed by atoms with Crippen molar-refractivity contribution in [2.24, 2.45) is 5.92 Å². The highest BCUT2D eigenvalue weighted by Gasteiger charge is 2.14. The van der Waals surface area contributed by atoms with Crippen LogP contribution < -0.4 is 0 Å². The fourth-order valence-corrected chi connectivity index (χ4v) is 1.76. The number of carbonyl (C=O) groups excluding carboxylic acids is 1. The molecule has 0 radical (unpaired) electrons. The molecule has 0 amide bonds. The highest BCUT2D eigenvalue weighted by molar-refractivity contribution is 5.57. The molecular formula is C11H17NO2. The molecule has 0 saturated heterocycles. The number of carbonyl (C=O) groups is 1. The van der Waals surface area contributed by atoms with Crippen LogP contribution in [0.4, 0.5) is 0 Å². The molecule has 0 aliphatic heterocycles. The molecule has 0 aromatic carbocycles. The van der Waals surface area contributed by atoms with Crippen molar-refractivity contribution in [3.8, 4) is 6.07 Å². The minimum absolute atomic E-state index is 0.370. The summed E-state index contributed by atoms with van der Waals surface area (Å²) in [6, 6.07) is 1.94. The molecule has 0 aromatic rings. The average Bonchev–Trinajstić information content (AvgIpc) is 2.26. The van der Waals surface area contributed by atoms with Crippen molar-refractivity contribution in [3.63, 3.8) is 0 Å². The van der Waals surface area contributed by atoms with Gasteiger partial charge in [0.1, 0.15) is 12.2 Å². The maximum absolute atomic E-state index is 10.3. The lowest BCUT2D eigenvalue weighted by atomic mass is 9.98. The van der Waals surface area contributed by atoms with Gasteiger partial charge in [-0.1, -0.05) is 19.3 Å². The van der Waals surface area contributed by atoms with Crippen LogP contribution in [0.5, 0.6) is 0 Å². The molecule has 78 valence electrons. The molecule has 1 atom stereocenters. The first-order valence-electron chi connectivity index (χ1n) is 5.33. The van der Waals surface area contributed by atoms with E-state index in [9.17, 15) is 4.79 Å². The van der Waals surface area contributed by atoms with E-state index in [1.165, 1.54) is 19.3 Å². The summed E-state index contributed by atoms with van der Waals surface area (Å²) in [5.41, 5.74) is 0. The van der Waals surface area contributed by atoms with Crippen molar-refractivity contribution in [1.29, 1.82) is 5.26 Å². The van der Waals surface area contributed by atoms with Gasteiger partial charge in [-0.05, 0) is 19.3 Å². The monoisotopic (exact) mass is 195 g/mol. The second-order valence-corrected chi connectivity index (χ2v) is 3.79. The molecule has 1 fully saturated rings. The highest BCUT2D eigenvalue weighted by Crippen LogP contribution is 2.20. The van der Waals surface area contributed by atoms with Gasteiger partial charge in [-0.3, -0.25) is 0 Å². The topological polar surface area (TPSA) is 50.1 Å². The smallest absolute Gasteiger partial charge is 0.137 e. The number of hydrogen-bond acceptors (Lipinski definition) is 3. The predicted molar refractivity (Wildman–Crippen MR) is 52.6 cm³/mol. The van der Waals surface area contributed by atoms with E-state index in [4.69, 9.17) is 10.00 Å². The zero-order valence-corrected chi connectivity index (χ0v) is 8.45. The number of ether oxygens (including phenoxy) is 1. The minimum atomic E-state index is -0.487. The first-order chi connectivity index (χ1) is 6.86. The lowest BCUT2D eigenvalue weighted by molar-refractivity contribution is -0.110. The Morgan fingerprint density at radius 3 is 2.71 bits per heavy atom. The number of aldehydes is 1. The van der Waals surface area contributed by atoms with Crippen molar-refractivity contribution in [2.75, 3.05) is 6.61 Å². The molecule has 3 heteroatoms. The van der Waals surface area contributed by atoms with Crippen molar-refractivity contribution in [1.82, 2.24) is 0 Å². The summed E-state index contributed by atoms with van der Waals surface area (Å²) in [7, 11) is 0. The van der Waals surface area contributed by atoms with Gasteiger partial charge in [-0.25, -0.2) is 0 Å². The lowest BCUT2D eigenvalue weighted by Gasteiger charge is -2.21. The molecular weight excluding hydrogens is 178 g/mol. The molecule has 0 spiro atoms. The molecule has 1 unspecified atom stereocenters. The number of hydrogen-bond donors (Lipinski definition) is 0. The molecule has 14 heavy (non-hydrogen) atoms. The Morgan fingerprint density at radius 2 is 2.14 bits per heavy atom. The quantitative estimate of drug-likeness (QED) is 0.631. The molecule has 0 heterocycles. The molecule has 1 saturated carbocycles. The molecule has 1 aliphatic rings. The molecule has 1 aliphatic carbocycles. The summed E-state index contributed by atoms with van der Waals surface area (Å²) in [5, 5.41) is 8.53. The van der Waals surface area contributed by atoms with Gasteiger partial charge in [0.2, 0.25) is 0 Å². The van der Waals surface area contributed by atoms with Crippen LogP contribution in [-0.2, 0) is 9.53 Å². The Kier molecular flexibility index (Phi) is 5.24. The third kappa shape index (κ3) is 3.89.